The highest BCUT2D eigenvalue weighted by Gasteiger charge is 2.22. The van der Waals surface area contributed by atoms with Crippen LogP contribution in [0, 0.1) is 0 Å². The van der Waals surface area contributed by atoms with Crippen LogP contribution in [0.25, 0.3) is 5.65 Å². The van der Waals surface area contributed by atoms with Gasteiger partial charge in [-0.2, -0.15) is 5.10 Å². The molecule has 0 bridgehead atoms. The third kappa shape index (κ3) is 3.94. The molecule has 0 radical (unpaired) electrons. The number of thioether (sulfide) groups is 1. The number of nitrogens with zero attached hydrogens (tertiary/aromatic N) is 3. The number of rotatable bonds is 4. The SMILES string of the molecule is CC(C)(C)OC(=O)C(N)CSc1ccc2nccn2n1. The summed E-state index contributed by atoms with van der Waals surface area (Å²) in [4.78, 5) is 15.9. The first-order valence-electron chi connectivity index (χ1n) is 6.27. The van der Waals surface area contributed by atoms with Crippen molar-refractivity contribution < 1.29 is 9.53 Å². The van der Waals surface area contributed by atoms with Crippen LogP contribution in [0.15, 0.2) is 29.6 Å². The summed E-state index contributed by atoms with van der Waals surface area (Å²) >= 11 is 1.42. The van der Waals surface area contributed by atoms with E-state index in [0.717, 1.165) is 10.7 Å². The molecule has 0 amide bonds. The highest BCUT2D eigenvalue weighted by molar-refractivity contribution is 7.99. The molecule has 0 saturated carbocycles. The Balaban J connectivity index is 1.92. The molecule has 0 saturated heterocycles. The Kier molecular flexibility index (Phi) is 4.29. The highest BCUT2D eigenvalue weighted by Crippen LogP contribution is 2.17. The van der Waals surface area contributed by atoms with E-state index < -0.39 is 17.6 Å². The predicted molar refractivity (Wildman–Crippen MR) is 77.5 cm³/mol. The highest BCUT2D eigenvalue weighted by atomic mass is 32.2. The smallest absolute Gasteiger partial charge is 0.324 e. The number of esters is 1. The van der Waals surface area contributed by atoms with Gasteiger partial charge in [0.15, 0.2) is 5.65 Å². The molecule has 7 heteroatoms. The van der Waals surface area contributed by atoms with Crippen molar-refractivity contribution in [1.82, 2.24) is 14.6 Å². The molecule has 6 nitrogen and oxygen atoms in total. The summed E-state index contributed by atoms with van der Waals surface area (Å²) in [6.07, 6.45) is 3.45. The molecule has 2 N–H and O–H groups in total. The van der Waals surface area contributed by atoms with Crippen LogP contribution < -0.4 is 5.73 Å². The van der Waals surface area contributed by atoms with E-state index in [2.05, 4.69) is 10.1 Å². The largest absolute Gasteiger partial charge is 0.459 e. The summed E-state index contributed by atoms with van der Waals surface area (Å²) in [6, 6.07) is 3.06. The topological polar surface area (TPSA) is 82.5 Å². The monoisotopic (exact) mass is 294 g/mol. The minimum absolute atomic E-state index is 0.395. The van der Waals surface area contributed by atoms with Gasteiger partial charge in [0.05, 0.1) is 0 Å². The van der Waals surface area contributed by atoms with Crippen LogP contribution in [-0.4, -0.2) is 38.0 Å². The minimum Gasteiger partial charge on any atom is -0.459 e. The fraction of sp³-hybridized carbons (Fsp3) is 0.462. The van der Waals surface area contributed by atoms with Crippen molar-refractivity contribution in [2.45, 2.75) is 37.4 Å². The van der Waals surface area contributed by atoms with Gasteiger partial charge in [-0.25, -0.2) is 9.50 Å². The molecular formula is C13H18N4O2S. The van der Waals surface area contributed by atoms with E-state index >= 15 is 0 Å². The van der Waals surface area contributed by atoms with Gasteiger partial charge in [0.1, 0.15) is 16.7 Å². The second kappa shape index (κ2) is 5.80. The lowest BCUT2D eigenvalue weighted by molar-refractivity contribution is -0.155. The molecule has 1 unspecified atom stereocenters. The number of hydrogen-bond acceptors (Lipinski definition) is 6. The van der Waals surface area contributed by atoms with E-state index in [-0.39, 0.29) is 0 Å². The zero-order valence-electron chi connectivity index (χ0n) is 11.7. The lowest BCUT2D eigenvalue weighted by Crippen LogP contribution is -2.39. The third-order valence-corrected chi connectivity index (χ3v) is 3.39. The zero-order valence-corrected chi connectivity index (χ0v) is 12.6. The molecule has 2 aromatic heterocycles. The van der Waals surface area contributed by atoms with Crippen molar-refractivity contribution in [2.24, 2.45) is 5.73 Å². The molecule has 0 aliphatic heterocycles. The quantitative estimate of drug-likeness (QED) is 0.679. The molecule has 0 fully saturated rings. The van der Waals surface area contributed by atoms with Crippen LogP contribution in [0.3, 0.4) is 0 Å². The van der Waals surface area contributed by atoms with Crippen molar-refractivity contribution >= 4 is 23.4 Å². The first kappa shape index (κ1) is 14.8. The van der Waals surface area contributed by atoms with E-state index in [9.17, 15) is 4.79 Å². The average Bonchev–Trinajstić information content (AvgIpc) is 2.81. The van der Waals surface area contributed by atoms with Gasteiger partial charge in [-0.1, -0.05) is 0 Å². The van der Waals surface area contributed by atoms with Crippen LogP contribution in [0.1, 0.15) is 20.8 Å². The molecule has 2 rings (SSSR count). The number of imidazole rings is 1. The number of carbonyl (C=O) groups is 1. The van der Waals surface area contributed by atoms with Gasteiger partial charge in [-0.05, 0) is 32.9 Å². The van der Waals surface area contributed by atoms with Crippen LogP contribution in [0.5, 0.6) is 0 Å². The predicted octanol–water partition coefficient (Wildman–Crippen LogP) is 1.49. The first-order valence-corrected chi connectivity index (χ1v) is 7.25. The Morgan fingerprint density at radius 2 is 2.25 bits per heavy atom. The molecule has 1 atom stereocenters. The summed E-state index contributed by atoms with van der Waals surface area (Å²) in [5, 5.41) is 5.14. The summed E-state index contributed by atoms with van der Waals surface area (Å²) in [5.41, 5.74) is 6.09. The maximum atomic E-state index is 11.8. The molecule has 0 spiro atoms. The van der Waals surface area contributed by atoms with Crippen LogP contribution >= 0.6 is 11.8 Å². The van der Waals surface area contributed by atoms with E-state index in [0.29, 0.717) is 5.75 Å². The maximum Gasteiger partial charge on any atom is 0.324 e. The lowest BCUT2D eigenvalue weighted by atomic mass is 10.2. The summed E-state index contributed by atoms with van der Waals surface area (Å²) in [6.45, 7) is 5.46. The van der Waals surface area contributed by atoms with Crippen molar-refractivity contribution in [2.75, 3.05) is 5.75 Å². The fourth-order valence-corrected chi connectivity index (χ4v) is 2.29. The number of nitrogens with two attached hydrogens (primary N) is 1. The Morgan fingerprint density at radius 1 is 1.50 bits per heavy atom. The fourth-order valence-electron chi connectivity index (χ4n) is 1.50. The third-order valence-electron chi connectivity index (χ3n) is 2.35. The Hall–Kier alpha value is -1.60. The molecule has 108 valence electrons. The van der Waals surface area contributed by atoms with Crippen molar-refractivity contribution in [3.05, 3.63) is 24.5 Å². The number of carbonyl (C=O) groups excluding carboxylic acids is 1. The zero-order chi connectivity index (χ0) is 14.8. The van der Waals surface area contributed by atoms with E-state index in [1.54, 1.807) is 16.9 Å². The maximum absolute atomic E-state index is 11.8. The molecule has 20 heavy (non-hydrogen) atoms. The lowest BCUT2D eigenvalue weighted by Gasteiger charge is -2.21. The molecule has 0 aromatic carbocycles. The number of aromatic nitrogens is 3. The Bertz CT molecular complexity index is 606. The van der Waals surface area contributed by atoms with E-state index in [1.807, 2.05) is 32.9 Å². The standard InChI is InChI=1S/C13H18N4O2S/c1-13(2,3)19-12(18)9(14)8-20-11-5-4-10-15-6-7-17(10)16-11/h4-7,9H,8,14H2,1-3H3. The normalized spacial score (nSPS) is 13.4. The number of ether oxygens (including phenoxy) is 1. The molecular weight excluding hydrogens is 276 g/mol. The summed E-state index contributed by atoms with van der Waals surface area (Å²) < 4.78 is 6.91. The van der Waals surface area contributed by atoms with Gasteiger partial charge in [0.25, 0.3) is 0 Å². The van der Waals surface area contributed by atoms with Crippen LogP contribution in [0.2, 0.25) is 0 Å². The van der Waals surface area contributed by atoms with Crippen LogP contribution in [-0.2, 0) is 9.53 Å². The Labute approximate surface area is 121 Å². The van der Waals surface area contributed by atoms with Crippen molar-refractivity contribution in [1.29, 1.82) is 0 Å². The van der Waals surface area contributed by atoms with Gasteiger partial charge in [0, 0.05) is 18.1 Å². The van der Waals surface area contributed by atoms with Crippen molar-refractivity contribution in [3.63, 3.8) is 0 Å². The minimum atomic E-state index is -0.667. The first-order chi connectivity index (χ1) is 9.35. The molecule has 0 aliphatic carbocycles. The summed E-state index contributed by atoms with van der Waals surface area (Å²) in [7, 11) is 0. The van der Waals surface area contributed by atoms with Gasteiger partial charge < -0.3 is 10.5 Å². The van der Waals surface area contributed by atoms with Gasteiger partial charge in [-0.15, -0.1) is 11.8 Å². The van der Waals surface area contributed by atoms with E-state index in [4.69, 9.17) is 10.5 Å². The number of hydrogen-bond donors (Lipinski definition) is 1. The molecule has 2 heterocycles. The van der Waals surface area contributed by atoms with Gasteiger partial charge in [0.2, 0.25) is 0 Å². The molecule has 0 aliphatic rings. The second-order valence-corrected chi connectivity index (χ2v) is 6.39. The molecule has 2 aromatic rings. The van der Waals surface area contributed by atoms with Crippen molar-refractivity contribution in [3.8, 4) is 0 Å². The van der Waals surface area contributed by atoms with Crippen LogP contribution in [0.4, 0.5) is 0 Å². The van der Waals surface area contributed by atoms with Gasteiger partial charge in [-0.3, -0.25) is 4.79 Å². The second-order valence-electron chi connectivity index (χ2n) is 5.35. The Morgan fingerprint density at radius 3 is 2.95 bits per heavy atom. The van der Waals surface area contributed by atoms with Gasteiger partial charge >= 0.3 is 5.97 Å². The summed E-state index contributed by atoms with van der Waals surface area (Å²) in [5.74, 6) is 0.0241. The number of fused-ring (bicyclic) bond motifs is 1. The average molecular weight is 294 g/mol. The van der Waals surface area contributed by atoms with E-state index in [1.165, 1.54) is 11.8 Å².